The molecule has 1 aromatic heterocycles. The summed E-state index contributed by atoms with van der Waals surface area (Å²) in [4.78, 5) is 12.1. The van der Waals surface area contributed by atoms with Crippen molar-refractivity contribution < 1.29 is 18.3 Å². The van der Waals surface area contributed by atoms with Gasteiger partial charge in [-0.1, -0.05) is 23.8 Å². The summed E-state index contributed by atoms with van der Waals surface area (Å²) in [5, 5.41) is 11.4. The normalized spacial score (nSPS) is 13.1. The highest BCUT2D eigenvalue weighted by Gasteiger charge is 2.24. The number of rotatable bonds is 5. The fourth-order valence-electron chi connectivity index (χ4n) is 1.54. The molecule has 0 aliphatic heterocycles. The molecule has 2 N–H and O–H groups in total. The van der Waals surface area contributed by atoms with Crippen molar-refractivity contribution in [3.05, 3.63) is 52.2 Å². The standard InChI is InChI=1S/C13H13NO4S2/c1-9-4-6-10(7-5-9)20(17,18)14-13(16)12(15)11-3-2-8-19-11/h2-8,13-14,16H,1H3. The smallest absolute Gasteiger partial charge is 0.243 e. The van der Waals surface area contributed by atoms with E-state index >= 15 is 0 Å². The first-order valence-corrected chi connectivity index (χ1v) is 8.11. The molecule has 0 amide bonds. The molecule has 0 fully saturated rings. The molecule has 0 saturated heterocycles. The minimum absolute atomic E-state index is 0.00105. The molecule has 7 heteroatoms. The van der Waals surface area contributed by atoms with Crippen molar-refractivity contribution in [1.82, 2.24) is 4.72 Å². The molecule has 0 radical (unpaired) electrons. The third-order valence-electron chi connectivity index (χ3n) is 2.61. The number of aryl methyl sites for hydroxylation is 1. The van der Waals surface area contributed by atoms with Gasteiger partial charge in [-0.05, 0) is 30.5 Å². The molecule has 1 unspecified atom stereocenters. The topological polar surface area (TPSA) is 83.5 Å². The predicted molar refractivity (Wildman–Crippen MR) is 76.2 cm³/mol. The van der Waals surface area contributed by atoms with Crippen molar-refractivity contribution in [3.63, 3.8) is 0 Å². The zero-order chi connectivity index (χ0) is 14.8. The third kappa shape index (κ3) is 3.31. The monoisotopic (exact) mass is 311 g/mol. The maximum atomic E-state index is 12.0. The second kappa shape index (κ2) is 5.84. The van der Waals surface area contributed by atoms with Crippen molar-refractivity contribution in [3.8, 4) is 0 Å². The number of hydrogen-bond donors (Lipinski definition) is 2. The van der Waals surface area contributed by atoms with Crippen LogP contribution in [0.2, 0.25) is 0 Å². The van der Waals surface area contributed by atoms with Crippen LogP contribution in [0.25, 0.3) is 0 Å². The molecule has 0 aliphatic carbocycles. The van der Waals surface area contributed by atoms with E-state index in [9.17, 15) is 18.3 Å². The van der Waals surface area contributed by atoms with E-state index in [1.807, 2.05) is 11.6 Å². The SMILES string of the molecule is Cc1ccc(S(=O)(=O)NC(O)C(=O)c2cccs2)cc1. The average molecular weight is 311 g/mol. The molecule has 0 saturated carbocycles. The lowest BCUT2D eigenvalue weighted by atomic mass is 10.2. The number of aliphatic hydroxyl groups is 1. The van der Waals surface area contributed by atoms with Gasteiger partial charge in [0.2, 0.25) is 15.8 Å². The fourth-order valence-corrected chi connectivity index (χ4v) is 3.26. The maximum Gasteiger partial charge on any atom is 0.243 e. The number of hydrogen-bond acceptors (Lipinski definition) is 5. The Balaban J connectivity index is 2.16. The summed E-state index contributed by atoms with van der Waals surface area (Å²) < 4.78 is 26.0. The van der Waals surface area contributed by atoms with Crippen LogP contribution >= 0.6 is 11.3 Å². The van der Waals surface area contributed by atoms with Gasteiger partial charge in [0.15, 0.2) is 6.23 Å². The van der Waals surface area contributed by atoms with Gasteiger partial charge in [-0.3, -0.25) is 4.79 Å². The average Bonchev–Trinajstić information content (AvgIpc) is 2.91. The van der Waals surface area contributed by atoms with Crippen molar-refractivity contribution in [2.45, 2.75) is 18.0 Å². The zero-order valence-corrected chi connectivity index (χ0v) is 12.2. The second-order valence-electron chi connectivity index (χ2n) is 4.18. The molecule has 20 heavy (non-hydrogen) atoms. The third-order valence-corrected chi connectivity index (χ3v) is 4.92. The van der Waals surface area contributed by atoms with Crippen molar-refractivity contribution in [2.75, 3.05) is 0 Å². The minimum Gasteiger partial charge on any atom is -0.370 e. The first kappa shape index (κ1) is 14.9. The van der Waals surface area contributed by atoms with Crippen LogP contribution in [0.5, 0.6) is 0 Å². The van der Waals surface area contributed by atoms with Gasteiger partial charge in [-0.2, -0.15) is 4.72 Å². The number of aliphatic hydroxyl groups excluding tert-OH is 1. The fraction of sp³-hybridized carbons (Fsp3) is 0.154. The van der Waals surface area contributed by atoms with Crippen LogP contribution in [0.3, 0.4) is 0 Å². The summed E-state index contributed by atoms with van der Waals surface area (Å²) in [6, 6.07) is 9.29. The molecule has 5 nitrogen and oxygen atoms in total. The van der Waals surface area contributed by atoms with E-state index in [0.717, 1.165) is 16.9 Å². The summed E-state index contributed by atoms with van der Waals surface area (Å²) in [6.45, 7) is 1.83. The lowest BCUT2D eigenvalue weighted by Crippen LogP contribution is -2.40. The Labute approximate surface area is 120 Å². The Morgan fingerprint density at radius 1 is 1.25 bits per heavy atom. The highest BCUT2D eigenvalue weighted by Crippen LogP contribution is 2.13. The van der Waals surface area contributed by atoms with Gasteiger partial charge < -0.3 is 5.11 Å². The van der Waals surface area contributed by atoms with Crippen LogP contribution in [0.15, 0.2) is 46.7 Å². The van der Waals surface area contributed by atoms with E-state index in [0.29, 0.717) is 4.88 Å². The molecule has 2 rings (SSSR count). The number of nitrogens with one attached hydrogen (secondary N) is 1. The molecule has 1 heterocycles. The van der Waals surface area contributed by atoms with E-state index in [1.54, 1.807) is 23.6 Å². The number of thiophene rings is 1. The molecular weight excluding hydrogens is 298 g/mol. The van der Waals surface area contributed by atoms with Gasteiger partial charge in [0.1, 0.15) is 0 Å². The number of ketones is 1. The first-order valence-electron chi connectivity index (χ1n) is 5.75. The zero-order valence-electron chi connectivity index (χ0n) is 10.6. The number of carbonyl (C=O) groups is 1. The molecule has 106 valence electrons. The predicted octanol–water partition coefficient (Wildman–Crippen LogP) is 1.54. The van der Waals surface area contributed by atoms with Gasteiger partial charge in [0.05, 0.1) is 9.77 Å². The minimum atomic E-state index is -3.93. The highest BCUT2D eigenvalue weighted by atomic mass is 32.2. The van der Waals surface area contributed by atoms with Crippen LogP contribution in [0.4, 0.5) is 0 Å². The van der Waals surface area contributed by atoms with Crippen LogP contribution in [-0.2, 0) is 10.0 Å². The van der Waals surface area contributed by atoms with Crippen LogP contribution in [0.1, 0.15) is 15.2 Å². The summed E-state index contributed by atoms with van der Waals surface area (Å²) in [7, 11) is -3.93. The molecule has 0 spiro atoms. The van der Waals surface area contributed by atoms with Crippen LogP contribution in [0, 0.1) is 6.92 Å². The molecule has 0 aliphatic rings. The summed E-state index contributed by atoms with van der Waals surface area (Å²) in [5.41, 5.74) is 0.916. The lowest BCUT2D eigenvalue weighted by molar-refractivity contribution is 0.0730. The first-order chi connectivity index (χ1) is 9.40. The molecule has 1 aromatic carbocycles. The Bertz CT molecular complexity index is 690. The summed E-state index contributed by atoms with van der Waals surface area (Å²) >= 11 is 1.14. The van der Waals surface area contributed by atoms with Crippen molar-refractivity contribution in [2.24, 2.45) is 0 Å². The van der Waals surface area contributed by atoms with Gasteiger partial charge >= 0.3 is 0 Å². The van der Waals surface area contributed by atoms with Gasteiger partial charge in [-0.15, -0.1) is 11.3 Å². The van der Waals surface area contributed by atoms with E-state index in [2.05, 4.69) is 0 Å². The Kier molecular flexibility index (Phi) is 4.34. The Morgan fingerprint density at radius 2 is 1.90 bits per heavy atom. The summed E-state index contributed by atoms with van der Waals surface area (Å²) in [5.74, 6) is -0.671. The van der Waals surface area contributed by atoms with E-state index < -0.39 is 22.0 Å². The Hall–Kier alpha value is -1.54. The maximum absolute atomic E-state index is 12.0. The second-order valence-corrected chi connectivity index (χ2v) is 6.84. The molecule has 1 atom stereocenters. The lowest BCUT2D eigenvalue weighted by Gasteiger charge is -2.11. The quantitative estimate of drug-likeness (QED) is 0.648. The molecule has 0 bridgehead atoms. The van der Waals surface area contributed by atoms with Gasteiger partial charge in [0, 0.05) is 0 Å². The molecular formula is C13H13NO4S2. The van der Waals surface area contributed by atoms with E-state index in [-0.39, 0.29) is 4.90 Å². The molecule has 2 aromatic rings. The number of sulfonamides is 1. The number of carbonyl (C=O) groups excluding carboxylic acids is 1. The van der Waals surface area contributed by atoms with E-state index in [1.165, 1.54) is 18.2 Å². The highest BCUT2D eigenvalue weighted by molar-refractivity contribution is 7.89. The van der Waals surface area contributed by atoms with Gasteiger partial charge in [-0.25, -0.2) is 8.42 Å². The Morgan fingerprint density at radius 3 is 2.45 bits per heavy atom. The summed E-state index contributed by atoms with van der Waals surface area (Å²) in [6.07, 6.45) is -1.79. The van der Waals surface area contributed by atoms with E-state index in [4.69, 9.17) is 0 Å². The van der Waals surface area contributed by atoms with Gasteiger partial charge in [0.25, 0.3) is 0 Å². The number of benzene rings is 1. The van der Waals surface area contributed by atoms with Crippen molar-refractivity contribution in [1.29, 1.82) is 0 Å². The number of Topliss-reactive ketones (excluding diaryl/α,β-unsaturated/α-hetero) is 1. The largest absolute Gasteiger partial charge is 0.370 e. The van der Waals surface area contributed by atoms with Crippen molar-refractivity contribution >= 4 is 27.1 Å². The van der Waals surface area contributed by atoms with Crippen LogP contribution in [-0.4, -0.2) is 25.5 Å². The van der Waals surface area contributed by atoms with Crippen LogP contribution < -0.4 is 4.72 Å².